The minimum absolute atomic E-state index is 0.973. The minimum Gasteiger partial charge on any atom is -0.316 e. The van der Waals surface area contributed by atoms with Crippen LogP contribution in [0, 0.1) is 12.8 Å². The van der Waals surface area contributed by atoms with Crippen LogP contribution in [0.3, 0.4) is 0 Å². The summed E-state index contributed by atoms with van der Waals surface area (Å²) in [6, 6.07) is 0. The third-order valence-corrected chi connectivity index (χ3v) is 3.39. The van der Waals surface area contributed by atoms with Gasteiger partial charge in [-0.2, -0.15) is 5.10 Å². The zero-order valence-electron chi connectivity index (χ0n) is 9.55. The first kappa shape index (κ1) is 10.7. The van der Waals surface area contributed by atoms with Gasteiger partial charge in [-0.15, -0.1) is 0 Å². The van der Waals surface area contributed by atoms with Gasteiger partial charge in [0.2, 0.25) is 0 Å². The van der Waals surface area contributed by atoms with E-state index in [1.54, 1.807) is 0 Å². The van der Waals surface area contributed by atoms with Gasteiger partial charge >= 0.3 is 0 Å². The molecule has 0 aromatic carbocycles. The summed E-state index contributed by atoms with van der Waals surface area (Å²) in [4.78, 5) is 0. The zero-order valence-corrected chi connectivity index (χ0v) is 9.55. The summed E-state index contributed by atoms with van der Waals surface area (Å²) in [6.07, 6.45) is 8.62. The molecular formula is C12H21N3. The number of hydrogen-bond acceptors (Lipinski definition) is 2. The van der Waals surface area contributed by atoms with E-state index < -0.39 is 0 Å². The Morgan fingerprint density at radius 3 is 3.00 bits per heavy atom. The molecule has 0 amide bonds. The summed E-state index contributed by atoms with van der Waals surface area (Å²) in [7, 11) is 0. The van der Waals surface area contributed by atoms with Crippen LogP contribution in [0.1, 0.15) is 36.9 Å². The summed E-state index contributed by atoms with van der Waals surface area (Å²) in [5, 5.41) is 10.5. The number of aromatic amines is 1. The van der Waals surface area contributed by atoms with E-state index in [0.29, 0.717) is 0 Å². The maximum absolute atomic E-state index is 4.03. The fraction of sp³-hybridized carbons (Fsp3) is 0.750. The molecule has 0 atom stereocenters. The Bertz CT molecular complexity index is 289. The molecule has 2 N–H and O–H groups in total. The molecule has 1 aliphatic rings. The number of aryl methyl sites for hydroxylation is 2. The average molecular weight is 207 g/mol. The number of nitrogens with zero attached hydrogens (tertiary/aromatic N) is 1. The summed E-state index contributed by atoms with van der Waals surface area (Å²) in [5.41, 5.74) is 2.58. The topological polar surface area (TPSA) is 40.7 Å². The van der Waals surface area contributed by atoms with Crippen molar-refractivity contribution >= 4 is 0 Å². The predicted molar refractivity (Wildman–Crippen MR) is 61.9 cm³/mol. The van der Waals surface area contributed by atoms with Crippen molar-refractivity contribution in [2.24, 2.45) is 5.92 Å². The van der Waals surface area contributed by atoms with Gasteiger partial charge in [-0.25, -0.2) is 0 Å². The Kier molecular flexibility index (Phi) is 3.78. The van der Waals surface area contributed by atoms with E-state index in [1.807, 2.05) is 6.20 Å². The maximum Gasteiger partial charge on any atom is 0.0522 e. The highest BCUT2D eigenvalue weighted by atomic mass is 15.1. The van der Waals surface area contributed by atoms with Crippen LogP contribution >= 0.6 is 0 Å². The van der Waals surface area contributed by atoms with Crippen LogP contribution in [0.25, 0.3) is 0 Å². The Labute approximate surface area is 91.7 Å². The molecule has 0 unspecified atom stereocenters. The van der Waals surface area contributed by atoms with E-state index in [-0.39, 0.29) is 0 Å². The van der Waals surface area contributed by atoms with E-state index in [0.717, 1.165) is 18.9 Å². The molecule has 0 aliphatic heterocycles. The smallest absolute Gasteiger partial charge is 0.0522 e. The first-order valence-electron chi connectivity index (χ1n) is 6.06. The number of H-pyrrole nitrogens is 1. The highest BCUT2D eigenvalue weighted by Gasteiger charge is 2.15. The van der Waals surface area contributed by atoms with Gasteiger partial charge in [0, 0.05) is 5.69 Å². The first-order valence-corrected chi connectivity index (χ1v) is 6.06. The SMILES string of the molecule is Cc1[nH]ncc1CCCNCC1CCC1. The minimum atomic E-state index is 0.973. The quantitative estimate of drug-likeness (QED) is 0.701. The number of hydrogen-bond donors (Lipinski definition) is 2. The summed E-state index contributed by atoms with van der Waals surface area (Å²) in [6.45, 7) is 4.45. The van der Waals surface area contributed by atoms with Gasteiger partial charge in [0.15, 0.2) is 0 Å². The first-order chi connectivity index (χ1) is 7.36. The molecule has 1 fully saturated rings. The van der Waals surface area contributed by atoms with Gasteiger partial charge in [0.05, 0.1) is 6.20 Å². The van der Waals surface area contributed by atoms with Crippen molar-refractivity contribution in [3.8, 4) is 0 Å². The van der Waals surface area contributed by atoms with Crippen molar-refractivity contribution in [2.45, 2.75) is 39.0 Å². The molecule has 0 spiro atoms. The highest BCUT2D eigenvalue weighted by Crippen LogP contribution is 2.25. The third-order valence-electron chi connectivity index (χ3n) is 3.39. The number of aromatic nitrogens is 2. The average Bonchev–Trinajstić information content (AvgIpc) is 2.55. The van der Waals surface area contributed by atoms with Crippen LogP contribution in [-0.4, -0.2) is 23.3 Å². The summed E-state index contributed by atoms with van der Waals surface area (Å²) < 4.78 is 0. The fourth-order valence-corrected chi connectivity index (χ4v) is 2.03. The maximum atomic E-state index is 4.03. The fourth-order valence-electron chi connectivity index (χ4n) is 2.03. The van der Waals surface area contributed by atoms with Gasteiger partial charge in [-0.3, -0.25) is 5.10 Å². The monoisotopic (exact) mass is 207 g/mol. The molecule has 0 bridgehead atoms. The van der Waals surface area contributed by atoms with E-state index in [1.165, 1.54) is 43.5 Å². The van der Waals surface area contributed by atoms with Gasteiger partial charge in [-0.05, 0) is 57.2 Å². The van der Waals surface area contributed by atoms with Gasteiger partial charge in [0.1, 0.15) is 0 Å². The number of nitrogens with one attached hydrogen (secondary N) is 2. The van der Waals surface area contributed by atoms with Crippen LogP contribution in [0.5, 0.6) is 0 Å². The second-order valence-electron chi connectivity index (χ2n) is 4.62. The third kappa shape index (κ3) is 3.06. The van der Waals surface area contributed by atoms with Crippen LogP contribution in [-0.2, 0) is 6.42 Å². The molecule has 3 heteroatoms. The van der Waals surface area contributed by atoms with Crippen molar-refractivity contribution in [1.29, 1.82) is 0 Å². The van der Waals surface area contributed by atoms with E-state index in [9.17, 15) is 0 Å². The lowest BCUT2D eigenvalue weighted by atomic mass is 9.85. The van der Waals surface area contributed by atoms with Gasteiger partial charge in [0.25, 0.3) is 0 Å². The standard InChI is InChI=1S/C12H21N3/c1-10-12(9-14-15-10)6-3-7-13-8-11-4-2-5-11/h9,11,13H,2-8H2,1H3,(H,14,15). The Hall–Kier alpha value is -0.830. The Morgan fingerprint density at radius 1 is 1.53 bits per heavy atom. The molecule has 1 aromatic rings. The number of rotatable bonds is 6. The second kappa shape index (κ2) is 5.31. The highest BCUT2D eigenvalue weighted by molar-refractivity contribution is 5.14. The lowest BCUT2D eigenvalue weighted by Crippen LogP contribution is -2.28. The lowest BCUT2D eigenvalue weighted by molar-refractivity contribution is 0.302. The van der Waals surface area contributed by atoms with E-state index >= 15 is 0 Å². The molecule has 1 heterocycles. The summed E-state index contributed by atoms with van der Waals surface area (Å²) in [5.74, 6) is 0.973. The molecule has 15 heavy (non-hydrogen) atoms. The van der Waals surface area contributed by atoms with Crippen molar-refractivity contribution in [1.82, 2.24) is 15.5 Å². The Morgan fingerprint density at radius 2 is 2.40 bits per heavy atom. The molecular weight excluding hydrogens is 186 g/mol. The second-order valence-corrected chi connectivity index (χ2v) is 4.62. The van der Waals surface area contributed by atoms with Crippen LogP contribution in [0.15, 0.2) is 6.20 Å². The molecule has 2 rings (SSSR count). The predicted octanol–water partition coefficient (Wildman–Crippen LogP) is 2.04. The summed E-state index contributed by atoms with van der Waals surface area (Å²) >= 11 is 0. The largest absolute Gasteiger partial charge is 0.316 e. The van der Waals surface area contributed by atoms with E-state index in [4.69, 9.17) is 0 Å². The molecule has 3 nitrogen and oxygen atoms in total. The van der Waals surface area contributed by atoms with Gasteiger partial charge in [-0.1, -0.05) is 6.42 Å². The van der Waals surface area contributed by atoms with Crippen LogP contribution < -0.4 is 5.32 Å². The molecule has 1 saturated carbocycles. The molecule has 1 aliphatic carbocycles. The van der Waals surface area contributed by atoms with E-state index in [2.05, 4.69) is 22.4 Å². The van der Waals surface area contributed by atoms with Gasteiger partial charge < -0.3 is 5.32 Å². The zero-order chi connectivity index (χ0) is 10.5. The van der Waals surface area contributed by atoms with Crippen LogP contribution in [0.2, 0.25) is 0 Å². The lowest BCUT2D eigenvalue weighted by Gasteiger charge is -2.25. The van der Waals surface area contributed by atoms with Crippen molar-refractivity contribution in [3.05, 3.63) is 17.5 Å². The molecule has 84 valence electrons. The van der Waals surface area contributed by atoms with Crippen molar-refractivity contribution in [2.75, 3.05) is 13.1 Å². The molecule has 0 radical (unpaired) electrons. The Balaban J connectivity index is 1.53. The normalized spacial score (nSPS) is 16.6. The van der Waals surface area contributed by atoms with Crippen molar-refractivity contribution < 1.29 is 0 Å². The molecule has 0 saturated heterocycles. The van der Waals surface area contributed by atoms with Crippen molar-refractivity contribution in [3.63, 3.8) is 0 Å². The molecule has 1 aromatic heterocycles. The van der Waals surface area contributed by atoms with Crippen LogP contribution in [0.4, 0.5) is 0 Å².